The van der Waals surface area contributed by atoms with Gasteiger partial charge in [-0.2, -0.15) is 11.8 Å². The molecule has 0 saturated heterocycles. The highest BCUT2D eigenvalue weighted by molar-refractivity contribution is 7.99. The zero-order valence-corrected chi connectivity index (χ0v) is 14.0. The number of carbonyl (C=O) groups is 1. The topological polar surface area (TPSA) is 61.8 Å². The predicted octanol–water partition coefficient (Wildman–Crippen LogP) is 4.29. The first-order chi connectivity index (χ1) is 10.1. The molecule has 1 aromatic rings. The van der Waals surface area contributed by atoms with Gasteiger partial charge in [0.15, 0.2) is 0 Å². The molecule has 0 radical (unpaired) electrons. The first kappa shape index (κ1) is 18.1. The van der Waals surface area contributed by atoms with E-state index in [4.69, 9.17) is 13.6 Å². The number of unbranched alkanes of at least 4 members (excludes halogenated alkanes) is 1. The minimum absolute atomic E-state index is 0.180. The third kappa shape index (κ3) is 7.55. The van der Waals surface area contributed by atoms with Gasteiger partial charge >= 0.3 is 13.8 Å². The highest BCUT2D eigenvalue weighted by Gasteiger charge is 2.31. The van der Waals surface area contributed by atoms with Crippen LogP contribution in [-0.2, 0) is 18.4 Å². The third-order valence-electron chi connectivity index (χ3n) is 2.49. The van der Waals surface area contributed by atoms with E-state index in [0.717, 1.165) is 18.6 Å². The molecule has 0 N–H and O–H groups in total. The molecule has 0 aliphatic rings. The van der Waals surface area contributed by atoms with Gasteiger partial charge in [0.25, 0.3) is 0 Å². The number of phosphoric ester groups is 1. The number of phosphoric acid groups is 1. The van der Waals surface area contributed by atoms with Crippen LogP contribution in [0.2, 0.25) is 0 Å². The van der Waals surface area contributed by atoms with Crippen LogP contribution >= 0.6 is 19.6 Å². The van der Waals surface area contributed by atoms with Crippen LogP contribution in [0.3, 0.4) is 0 Å². The summed E-state index contributed by atoms with van der Waals surface area (Å²) in [5.74, 6) is 1.38. The Morgan fingerprint density at radius 2 is 1.95 bits per heavy atom. The Morgan fingerprint density at radius 3 is 2.57 bits per heavy atom. The zero-order chi connectivity index (χ0) is 15.6. The van der Waals surface area contributed by atoms with Crippen molar-refractivity contribution < 1.29 is 22.9 Å². The van der Waals surface area contributed by atoms with Crippen LogP contribution in [0.4, 0.5) is 0 Å². The first-order valence-electron chi connectivity index (χ1n) is 6.80. The van der Waals surface area contributed by atoms with Crippen molar-refractivity contribution in [3.05, 3.63) is 30.3 Å². The molecule has 0 amide bonds. The third-order valence-corrected chi connectivity index (χ3v) is 4.87. The molecule has 0 saturated carbocycles. The molecule has 21 heavy (non-hydrogen) atoms. The maximum atomic E-state index is 12.2. The Balaban J connectivity index is 2.41. The molecular formula is C14H21O5PS. The van der Waals surface area contributed by atoms with Gasteiger partial charge in [0, 0.05) is 12.9 Å². The van der Waals surface area contributed by atoms with Gasteiger partial charge in [-0.15, -0.1) is 0 Å². The average Bonchev–Trinajstić information content (AvgIpc) is 2.48. The van der Waals surface area contributed by atoms with Gasteiger partial charge < -0.3 is 9.05 Å². The molecular weight excluding hydrogens is 311 g/mol. The summed E-state index contributed by atoms with van der Waals surface area (Å²) in [6.07, 6.45) is 2.43. The number of para-hydroxylation sites is 1. The molecule has 1 aromatic carbocycles. The van der Waals surface area contributed by atoms with Crippen molar-refractivity contribution in [3.8, 4) is 5.75 Å². The molecule has 1 rings (SSSR count). The van der Waals surface area contributed by atoms with E-state index in [-0.39, 0.29) is 6.42 Å². The number of hydrogen-bond acceptors (Lipinski definition) is 6. The van der Waals surface area contributed by atoms with Crippen molar-refractivity contribution in [3.63, 3.8) is 0 Å². The lowest BCUT2D eigenvalue weighted by molar-refractivity contribution is -0.135. The fraction of sp³-hybridized carbons (Fsp3) is 0.500. The fourth-order valence-corrected chi connectivity index (χ4v) is 3.29. The monoisotopic (exact) mass is 332 g/mol. The second-order valence-corrected chi connectivity index (χ2v) is 7.06. The fourth-order valence-electron chi connectivity index (χ4n) is 1.38. The number of carbonyl (C=O) groups excluding carboxylic acids is 1. The second-order valence-electron chi connectivity index (χ2n) is 4.21. The summed E-state index contributed by atoms with van der Waals surface area (Å²) in [6, 6.07) is 8.47. The van der Waals surface area contributed by atoms with Crippen LogP contribution < -0.4 is 4.52 Å². The molecule has 0 heterocycles. The number of hydrogen-bond donors (Lipinski definition) is 0. The zero-order valence-electron chi connectivity index (χ0n) is 12.3. The molecule has 5 nitrogen and oxygen atoms in total. The van der Waals surface area contributed by atoms with Gasteiger partial charge in [0.1, 0.15) is 5.75 Å². The Labute approximate surface area is 130 Å². The lowest BCUT2D eigenvalue weighted by Crippen LogP contribution is -2.08. The summed E-state index contributed by atoms with van der Waals surface area (Å²) in [5.41, 5.74) is 0. The van der Waals surface area contributed by atoms with Gasteiger partial charge in [-0.05, 0) is 24.3 Å². The number of thioether (sulfide) groups is 1. The molecule has 0 aromatic heterocycles. The smallest absolute Gasteiger partial charge is 0.395 e. The van der Waals surface area contributed by atoms with Crippen molar-refractivity contribution in [1.82, 2.24) is 0 Å². The molecule has 0 aliphatic heterocycles. The van der Waals surface area contributed by atoms with Crippen molar-refractivity contribution in [2.45, 2.75) is 26.2 Å². The van der Waals surface area contributed by atoms with Gasteiger partial charge in [-0.1, -0.05) is 31.5 Å². The second kappa shape index (κ2) is 9.87. The summed E-state index contributed by atoms with van der Waals surface area (Å²) >= 11 is 1.67. The van der Waals surface area contributed by atoms with Crippen LogP contribution in [0.5, 0.6) is 5.75 Å². The standard InChI is InChI=1S/C14H21O5PS/c1-3-4-11-21-12-10-14(15)19-20(16,17-2)18-13-8-6-5-7-9-13/h5-9H,3-4,10-12H2,1-2H3. The van der Waals surface area contributed by atoms with Gasteiger partial charge in [0.05, 0.1) is 6.42 Å². The first-order valence-corrected chi connectivity index (χ1v) is 9.41. The highest BCUT2D eigenvalue weighted by atomic mass is 32.2. The number of benzene rings is 1. The minimum Gasteiger partial charge on any atom is -0.395 e. The van der Waals surface area contributed by atoms with Crippen LogP contribution in [0, 0.1) is 0 Å². The molecule has 0 fully saturated rings. The average molecular weight is 332 g/mol. The lowest BCUT2D eigenvalue weighted by atomic mass is 10.3. The minimum atomic E-state index is -3.90. The Morgan fingerprint density at radius 1 is 1.24 bits per heavy atom. The molecule has 0 spiro atoms. The van der Waals surface area contributed by atoms with Gasteiger partial charge in [-0.25, -0.2) is 4.57 Å². The number of rotatable bonds is 10. The van der Waals surface area contributed by atoms with E-state index in [0.29, 0.717) is 11.5 Å². The van der Waals surface area contributed by atoms with E-state index in [9.17, 15) is 9.36 Å². The predicted molar refractivity (Wildman–Crippen MR) is 84.6 cm³/mol. The Bertz CT molecular complexity index is 466. The van der Waals surface area contributed by atoms with Crippen molar-refractivity contribution in [2.24, 2.45) is 0 Å². The highest BCUT2D eigenvalue weighted by Crippen LogP contribution is 2.48. The SMILES string of the molecule is CCCCSCCC(=O)OP(=O)(OC)Oc1ccccc1. The Hall–Kier alpha value is -0.970. The molecule has 118 valence electrons. The summed E-state index contributed by atoms with van der Waals surface area (Å²) < 4.78 is 26.9. The van der Waals surface area contributed by atoms with Crippen molar-refractivity contribution >= 4 is 25.6 Å². The van der Waals surface area contributed by atoms with E-state index in [1.54, 1.807) is 42.1 Å². The van der Waals surface area contributed by atoms with Crippen LogP contribution in [0.1, 0.15) is 26.2 Å². The summed E-state index contributed by atoms with van der Waals surface area (Å²) in [4.78, 5) is 11.7. The van der Waals surface area contributed by atoms with E-state index in [1.807, 2.05) is 0 Å². The van der Waals surface area contributed by atoms with Crippen molar-refractivity contribution in [2.75, 3.05) is 18.6 Å². The summed E-state index contributed by atoms with van der Waals surface area (Å²) in [6.45, 7) is 2.12. The molecule has 7 heteroatoms. The summed E-state index contributed by atoms with van der Waals surface area (Å²) in [5, 5.41) is 0. The molecule has 1 unspecified atom stereocenters. The Kier molecular flexibility index (Phi) is 8.50. The molecule has 0 bridgehead atoms. The van der Waals surface area contributed by atoms with Crippen LogP contribution in [0.15, 0.2) is 30.3 Å². The van der Waals surface area contributed by atoms with Gasteiger partial charge in [0.2, 0.25) is 0 Å². The molecule has 0 aliphatic carbocycles. The van der Waals surface area contributed by atoms with Gasteiger partial charge in [-0.3, -0.25) is 9.32 Å². The largest absolute Gasteiger partial charge is 0.589 e. The van der Waals surface area contributed by atoms with Crippen LogP contribution in [0.25, 0.3) is 0 Å². The van der Waals surface area contributed by atoms with E-state index in [1.165, 1.54) is 7.11 Å². The molecule has 1 atom stereocenters. The van der Waals surface area contributed by atoms with E-state index >= 15 is 0 Å². The van der Waals surface area contributed by atoms with E-state index < -0.39 is 13.8 Å². The maximum Gasteiger partial charge on any atom is 0.589 e. The van der Waals surface area contributed by atoms with Crippen molar-refractivity contribution in [1.29, 1.82) is 0 Å². The maximum absolute atomic E-state index is 12.2. The quantitative estimate of drug-likeness (QED) is 0.470. The van der Waals surface area contributed by atoms with Crippen LogP contribution in [-0.4, -0.2) is 24.6 Å². The van der Waals surface area contributed by atoms with E-state index in [2.05, 4.69) is 6.92 Å². The normalized spacial score (nSPS) is 13.4. The lowest BCUT2D eigenvalue weighted by Gasteiger charge is -2.15. The summed E-state index contributed by atoms with van der Waals surface area (Å²) in [7, 11) is -2.71.